The second kappa shape index (κ2) is 4.79. The van der Waals surface area contributed by atoms with Crippen molar-refractivity contribution in [3.05, 3.63) is 39.2 Å². The predicted molar refractivity (Wildman–Crippen MR) is 77.6 cm³/mol. The van der Waals surface area contributed by atoms with Gasteiger partial charge in [0.15, 0.2) is 11.6 Å². The fraction of sp³-hybridized carbons (Fsp3) is 0.333. The Hall–Kier alpha value is -2.44. The number of fused-ring (bicyclic) bond motifs is 1. The zero-order valence-corrected chi connectivity index (χ0v) is 12.0. The molecule has 1 aliphatic carbocycles. The van der Waals surface area contributed by atoms with Crippen LogP contribution in [0.2, 0.25) is 0 Å². The first-order valence-corrected chi connectivity index (χ1v) is 6.85. The molecule has 116 valence electrons. The lowest BCUT2D eigenvalue weighted by Gasteiger charge is -2.17. The Kier molecular flexibility index (Phi) is 3.16. The number of aryl methyl sites for hydroxylation is 1. The van der Waals surface area contributed by atoms with Crippen LogP contribution in [-0.4, -0.2) is 22.7 Å². The zero-order valence-electron chi connectivity index (χ0n) is 12.0. The van der Waals surface area contributed by atoms with Gasteiger partial charge in [-0.1, -0.05) is 0 Å². The van der Waals surface area contributed by atoms with Gasteiger partial charge in [0.2, 0.25) is 5.43 Å². The molecule has 0 saturated heterocycles. The summed E-state index contributed by atoms with van der Waals surface area (Å²) in [5, 5.41) is 11.6. The molecule has 2 N–H and O–H groups in total. The summed E-state index contributed by atoms with van der Waals surface area (Å²) >= 11 is 0. The van der Waals surface area contributed by atoms with Crippen LogP contribution in [0.4, 0.5) is 14.5 Å². The number of carbonyl (C=O) groups is 1. The molecule has 1 aromatic heterocycles. The van der Waals surface area contributed by atoms with Crippen LogP contribution in [0.25, 0.3) is 10.9 Å². The van der Waals surface area contributed by atoms with E-state index in [1.165, 1.54) is 20.2 Å². The molecule has 2 aromatic rings. The summed E-state index contributed by atoms with van der Waals surface area (Å²) < 4.78 is 29.8. The molecule has 5 nitrogen and oxygen atoms in total. The zero-order chi connectivity index (χ0) is 16.2. The van der Waals surface area contributed by atoms with Gasteiger partial charge in [-0.05, 0) is 19.8 Å². The highest BCUT2D eigenvalue weighted by molar-refractivity contribution is 5.99. The standard InChI is InChI=1S/C15H14F2N2O3/c1-6-10(16)11(17)12(18-2)9-13(6)19(7-3-4-7)5-8(14(9)20)15(21)22/h5,7,18H,3-4H2,1-2H3,(H,21,22). The number of benzene rings is 1. The number of carboxylic acids is 1. The third-order valence-corrected chi connectivity index (χ3v) is 4.00. The van der Waals surface area contributed by atoms with E-state index >= 15 is 0 Å². The maximum absolute atomic E-state index is 14.1. The average Bonchev–Trinajstić information content (AvgIpc) is 3.30. The highest BCUT2D eigenvalue weighted by atomic mass is 19.2. The molecule has 0 unspecified atom stereocenters. The Labute approximate surface area is 124 Å². The van der Waals surface area contributed by atoms with Crippen molar-refractivity contribution in [1.82, 2.24) is 4.57 Å². The van der Waals surface area contributed by atoms with E-state index in [-0.39, 0.29) is 28.2 Å². The number of aromatic carboxylic acids is 1. The number of nitrogens with zero attached hydrogens (tertiary/aromatic N) is 1. The van der Waals surface area contributed by atoms with Gasteiger partial charge in [-0.2, -0.15) is 0 Å². The van der Waals surface area contributed by atoms with Crippen LogP contribution in [-0.2, 0) is 0 Å². The lowest BCUT2D eigenvalue weighted by molar-refractivity contribution is 0.0695. The number of aromatic nitrogens is 1. The largest absolute Gasteiger partial charge is 0.477 e. The fourth-order valence-corrected chi connectivity index (χ4v) is 2.76. The molecule has 22 heavy (non-hydrogen) atoms. The normalized spacial score (nSPS) is 14.4. The maximum Gasteiger partial charge on any atom is 0.341 e. The van der Waals surface area contributed by atoms with Crippen molar-refractivity contribution in [2.45, 2.75) is 25.8 Å². The molecule has 7 heteroatoms. The molecule has 0 radical (unpaired) electrons. The lowest BCUT2D eigenvalue weighted by atomic mass is 10.0. The molecule has 1 fully saturated rings. The fourth-order valence-electron chi connectivity index (χ4n) is 2.76. The third-order valence-electron chi connectivity index (χ3n) is 4.00. The second-order valence-corrected chi connectivity index (χ2v) is 5.42. The van der Waals surface area contributed by atoms with Gasteiger partial charge >= 0.3 is 5.97 Å². The van der Waals surface area contributed by atoms with Crippen LogP contribution in [0.3, 0.4) is 0 Å². The Morgan fingerprint density at radius 1 is 1.36 bits per heavy atom. The molecule has 1 saturated carbocycles. The first-order valence-electron chi connectivity index (χ1n) is 6.85. The molecule has 0 atom stereocenters. The van der Waals surface area contributed by atoms with Crippen LogP contribution in [0.15, 0.2) is 11.0 Å². The van der Waals surface area contributed by atoms with E-state index < -0.39 is 28.6 Å². The molecule has 0 aliphatic heterocycles. The summed E-state index contributed by atoms with van der Waals surface area (Å²) in [6.45, 7) is 1.39. The van der Waals surface area contributed by atoms with Crippen molar-refractivity contribution in [1.29, 1.82) is 0 Å². The molecule has 0 amide bonds. The third kappa shape index (κ3) is 1.88. The Bertz CT molecular complexity index is 870. The van der Waals surface area contributed by atoms with E-state index in [1.807, 2.05) is 0 Å². The Morgan fingerprint density at radius 3 is 2.50 bits per heavy atom. The van der Waals surface area contributed by atoms with Crippen LogP contribution >= 0.6 is 0 Å². The van der Waals surface area contributed by atoms with Crippen molar-refractivity contribution < 1.29 is 18.7 Å². The van der Waals surface area contributed by atoms with Crippen molar-refractivity contribution in [2.75, 3.05) is 12.4 Å². The van der Waals surface area contributed by atoms with Gasteiger partial charge in [-0.3, -0.25) is 4.79 Å². The van der Waals surface area contributed by atoms with Gasteiger partial charge in [0.05, 0.1) is 16.6 Å². The van der Waals surface area contributed by atoms with E-state index in [9.17, 15) is 23.5 Å². The van der Waals surface area contributed by atoms with Crippen molar-refractivity contribution >= 4 is 22.6 Å². The summed E-state index contributed by atoms with van der Waals surface area (Å²) in [4.78, 5) is 23.7. The van der Waals surface area contributed by atoms with Crippen LogP contribution in [0.1, 0.15) is 34.8 Å². The molecule has 1 aliphatic rings. The highest BCUT2D eigenvalue weighted by Gasteiger charge is 2.30. The van der Waals surface area contributed by atoms with Crippen LogP contribution in [0.5, 0.6) is 0 Å². The number of nitrogens with one attached hydrogen (secondary N) is 1. The van der Waals surface area contributed by atoms with Gasteiger partial charge in [0, 0.05) is 24.8 Å². The Balaban J connectivity index is 2.60. The number of hydrogen-bond donors (Lipinski definition) is 2. The van der Waals surface area contributed by atoms with E-state index in [0.29, 0.717) is 0 Å². The first-order chi connectivity index (χ1) is 10.4. The molecule has 1 heterocycles. The summed E-state index contributed by atoms with van der Waals surface area (Å²) in [6.07, 6.45) is 2.85. The van der Waals surface area contributed by atoms with Crippen molar-refractivity contribution in [2.24, 2.45) is 0 Å². The molecule has 3 rings (SSSR count). The van der Waals surface area contributed by atoms with E-state index in [4.69, 9.17) is 0 Å². The molecular weight excluding hydrogens is 294 g/mol. The smallest absolute Gasteiger partial charge is 0.341 e. The van der Waals surface area contributed by atoms with E-state index in [1.54, 1.807) is 4.57 Å². The first kappa shape index (κ1) is 14.5. The van der Waals surface area contributed by atoms with Gasteiger partial charge in [-0.25, -0.2) is 13.6 Å². The minimum Gasteiger partial charge on any atom is -0.477 e. The van der Waals surface area contributed by atoms with Gasteiger partial charge in [0.1, 0.15) is 5.56 Å². The topological polar surface area (TPSA) is 71.3 Å². The average molecular weight is 308 g/mol. The summed E-state index contributed by atoms with van der Waals surface area (Å²) in [5.41, 5.74) is -1.30. The molecule has 0 bridgehead atoms. The quantitative estimate of drug-likeness (QED) is 0.914. The maximum atomic E-state index is 14.1. The van der Waals surface area contributed by atoms with Crippen LogP contribution < -0.4 is 10.7 Å². The molecule has 1 aromatic carbocycles. The van der Waals surface area contributed by atoms with E-state index in [2.05, 4.69) is 5.32 Å². The minimum absolute atomic E-state index is 0.00689. The number of halogens is 2. The summed E-state index contributed by atoms with van der Waals surface area (Å²) in [5.74, 6) is -3.59. The SMILES string of the molecule is CNc1c(F)c(F)c(C)c2c1c(=O)c(C(=O)O)cn2C1CC1. The second-order valence-electron chi connectivity index (χ2n) is 5.42. The van der Waals surface area contributed by atoms with Gasteiger partial charge < -0.3 is 15.0 Å². The van der Waals surface area contributed by atoms with Crippen molar-refractivity contribution in [3.8, 4) is 0 Å². The van der Waals surface area contributed by atoms with Crippen LogP contribution in [0, 0.1) is 18.6 Å². The van der Waals surface area contributed by atoms with Gasteiger partial charge in [-0.15, -0.1) is 0 Å². The monoisotopic (exact) mass is 308 g/mol. The number of carboxylic acid groups (broad SMARTS) is 1. The number of pyridine rings is 1. The van der Waals surface area contributed by atoms with E-state index in [0.717, 1.165) is 12.8 Å². The minimum atomic E-state index is -1.38. The van der Waals surface area contributed by atoms with Crippen molar-refractivity contribution in [3.63, 3.8) is 0 Å². The summed E-state index contributed by atoms with van der Waals surface area (Å²) in [6, 6.07) is 0.00877. The Morgan fingerprint density at radius 2 is 2.00 bits per heavy atom. The number of hydrogen-bond acceptors (Lipinski definition) is 3. The molecular formula is C15H14F2N2O3. The van der Waals surface area contributed by atoms with Gasteiger partial charge in [0.25, 0.3) is 0 Å². The summed E-state index contributed by atoms with van der Waals surface area (Å²) in [7, 11) is 1.36. The number of anilines is 1. The highest BCUT2D eigenvalue weighted by Crippen LogP contribution is 2.40. The molecule has 0 spiro atoms. The lowest BCUT2D eigenvalue weighted by Crippen LogP contribution is -2.21. The predicted octanol–water partition coefficient (Wildman–Crippen LogP) is 2.66. The number of rotatable bonds is 3.